The SMILES string of the molecule is CC(CI)c1cccc(C(C)CI)c1NC(=O)NC(CNC(=O)c1ccccc1)c1ccccc1. The molecule has 0 bridgehead atoms. The molecule has 5 nitrogen and oxygen atoms in total. The molecule has 0 saturated heterocycles. The van der Waals surface area contributed by atoms with Crippen molar-refractivity contribution in [3.63, 3.8) is 0 Å². The van der Waals surface area contributed by atoms with Crippen LogP contribution in [-0.2, 0) is 0 Å². The maximum absolute atomic E-state index is 13.3. The van der Waals surface area contributed by atoms with Gasteiger partial charge in [-0.1, -0.05) is 126 Å². The van der Waals surface area contributed by atoms with Gasteiger partial charge >= 0.3 is 6.03 Å². The number of carbonyl (C=O) groups is 2. The van der Waals surface area contributed by atoms with Crippen LogP contribution >= 0.6 is 45.2 Å². The van der Waals surface area contributed by atoms with Crippen molar-refractivity contribution in [3.05, 3.63) is 101 Å². The third-order valence-corrected chi connectivity index (χ3v) is 8.54. The fraction of sp³-hybridized carbons (Fsp3) is 0.286. The highest BCUT2D eigenvalue weighted by Gasteiger charge is 2.21. The average molecular weight is 695 g/mol. The van der Waals surface area contributed by atoms with E-state index in [4.69, 9.17) is 0 Å². The highest BCUT2D eigenvalue weighted by Crippen LogP contribution is 2.34. The number of anilines is 1. The van der Waals surface area contributed by atoms with Crippen molar-refractivity contribution >= 4 is 62.8 Å². The van der Waals surface area contributed by atoms with E-state index in [-0.39, 0.29) is 24.5 Å². The summed E-state index contributed by atoms with van der Waals surface area (Å²) in [6.07, 6.45) is 0. The van der Waals surface area contributed by atoms with Crippen molar-refractivity contribution in [3.8, 4) is 0 Å². The molecule has 3 atom stereocenters. The van der Waals surface area contributed by atoms with Crippen LogP contribution < -0.4 is 16.0 Å². The van der Waals surface area contributed by atoms with Crippen molar-refractivity contribution in [2.45, 2.75) is 31.7 Å². The van der Waals surface area contributed by atoms with Gasteiger partial charge in [0.2, 0.25) is 0 Å². The molecule has 3 unspecified atom stereocenters. The summed E-state index contributed by atoms with van der Waals surface area (Å²) in [7, 11) is 0. The van der Waals surface area contributed by atoms with Crippen molar-refractivity contribution in [2.24, 2.45) is 0 Å². The van der Waals surface area contributed by atoms with Crippen molar-refractivity contribution < 1.29 is 9.59 Å². The van der Waals surface area contributed by atoms with E-state index in [1.54, 1.807) is 12.1 Å². The Morgan fingerprint density at radius 3 is 1.86 bits per heavy atom. The second kappa shape index (κ2) is 13.8. The number of alkyl halides is 2. The van der Waals surface area contributed by atoms with E-state index in [1.807, 2.05) is 48.5 Å². The largest absolute Gasteiger partial charge is 0.350 e. The molecular formula is C28H31I2N3O2. The third kappa shape index (κ3) is 7.67. The van der Waals surface area contributed by atoms with Crippen molar-refractivity contribution in [2.75, 3.05) is 20.7 Å². The quantitative estimate of drug-likeness (QED) is 0.157. The Balaban J connectivity index is 1.81. The first-order valence-electron chi connectivity index (χ1n) is 11.6. The topological polar surface area (TPSA) is 70.2 Å². The number of amides is 3. The molecule has 3 rings (SSSR count). The fourth-order valence-electron chi connectivity index (χ4n) is 3.85. The van der Waals surface area contributed by atoms with Gasteiger partial charge in [-0.25, -0.2) is 4.79 Å². The molecule has 0 saturated carbocycles. The lowest BCUT2D eigenvalue weighted by Crippen LogP contribution is -2.40. The fourth-order valence-corrected chi connectivity index (χ4v) is 4.80. The molecule has 0 radical (unpaired) electrons. The lowest BCUT2D eigenvalue weighted by Gasteiger charge is -2.24. The highest BCUT2D eigenvalue weighted by atomic mass is 127. The van der Waals surface area contributed by atoms with Crippen LogP contribution in [0.5, 0.6) is 0 Å². The molecule has 3 N–H and O–H groups in total. The predicted molar refractivity (Wildman–Crippen MR) is 161 cm³/mol. The zero-order valence-corrected chi connectivity index (χ0v) is 24.2. The molecule has 35 heavy (non-hydrogen) atoms. The Kier molecular flexibility index (Phi) is 10.8. The van der Waals surface area contributed by atoms with Gasteiger partial charge in [0.25, 0.3) is 5.91 Å². The molecule has 0 aliphatic carbocycles. The third-order valence-electron chi connectivity index (χ3n) is 5.90. The number of benzene rings is 3. The summed E-state index contributed by atoms with van der Waals surface area (Å²) in [4.78, 5) is 25.9. The van der Waals surface area contributed by atoms with Gasteiger partial charge in [0.15, 0.2) is 0 Å². The maximum atomic E-state index is 13.3. The van der Waals surface area contributed by atoms with Gasteiger partial charge in [0.1, 0.15) is 0 Å². The minimum atomic E-state index is -0.386. The van der Waals surface area contributed by atoms with E-state index in [9.17, 15) is 9.59 Å². The van der Waals surface area contributed by atoms with Crippen LogP contribution in [0.2, 0.25) is 0 Å². The summed E-state index contributed by atoms with van der Waals surface area (Å²) in [6, 6.07) is 24.4. The van der Waals surface area contributed by atoms with Crippen molar-refractivity contribution in [1.29, 1.82) is 0 Å². The maximum Gasteiger partial charge on any atom is 0.319 e. The standard InChI is InChI=1S/C28H31I2N3O2/c1-19(16-29)23-14-9-15-24(20(2)17-30)26(23)33-28(35)32-25(21-10-5-3-6-11-21)18-31-27(34)22-12-7-4-8-13-22/h3-15,19-20,25H,16-18H2,1-2H3,(H,31,34)(H2,32,33,35). The zero-order chi connectivity index (χ0) is 25.2. The Bertz CT molecular complexity index is 1080. The van der Waals surface area contributed by atoms with Gasteiger partial charge in [-0.2, -0.15) is 0 Å². The van der Waals surface area contributed by atoms with E-state index in [0.717, 1.165) is 31.2 Å². The van der Waals surface area contributed by atoms with E-state index in [2.05, 4.69) is 93.2 Å². The van der Waals surface area contributed by atoms with Crippen LogP contribution in [0, 0.1) is 0 Å². The van der Waals surface area contributed by atoms with E-state index in [1.165, 1.54) is 0 Å². The first kappa shape index (κ1) is 27.4. The molecule has 0 heterocycles. The van der Waals surface area contributed by atoms with Crippen LogP contribution in [0.3, 0.4) is 0 Å². The second-order valence-electron chi connectivity index (χ2n) is 8.56. The van der Waals surface area contributed by atoms with E-state index < -0.39 is 0 Å². The molecule has 3 aromatic rings. The van der Waals surface area contributed by atoms with Crippen LogP contribution in [0.4, 0.5) is 10.5 Å². The number of hydrogen-bond acceptors (Lipinski definition) is 2. The summed E-state index contributed by atoms with van der Waals surface area (Å²) in [5, 5.41) is 9.21. The molecular weight excluding hydrogens is 664 g/mol. The van der Waals surface area contributed by atoms with Gasteiger partial charge in [-0.05, 0) is 40.7 Å². The second-order valence-corrected chi connectivity index (χ2v) is 10.3. The van der Waals surface area contributed by atoms with Crippen LogP contribution in [0.15, 0.2) is 78.9 Å². The smallest absolute Gasteiger partial charge is 0.319 e. The summed E-state index contributed by atoms with van der Waals surface area (Å²) in [6.45, 7) is 4.62. The Morgan fingerprint density at radius 2 is 1.31 bits per heavy atom. The first-order valence-corrected chi connectivity index (χ1v) is 14.7. The summed E-state index contributed by atoms with van der Waals surface area (Å²) in [5.41, 5.74) is 4.67. The van der Waals surface area contributed by atoms with E-state index >= 15 is 0 Å². The summed E-state index contributed by atoms with van der Waals surface area (Å²) in [5.74, 6) is 0.442. The van der Waals surface area contributed by atoms with Gasteiger partial charge in [-0.15, -0.1) is 0 Å². The number of nitrogens with one attached hydrogen (secondary N) is 3. The molecule has 0 aliphatic rings. The summed E-state index contributed by atoms with van der Waals surface area (Å²) < 4.78 is 1.91. The number of halogens is 2. The number of hydrogen-bond donors (Lipinski definition) is 3. The predicted octanol–water partition coefficient (Wildman–Crippen LogP) is 7.06. The normalized spacial score (nSPS) is 13.4. The minimum absolute atomic E-state index is 0.173. The lowest BCUT2D eigenvalue weighted by atomic mass is 9.92. The van der Waals surface area contributed by atoms with Crippen LogP contribution in [0.1, 0.15) is 58.8 Å². The van der Waals surface area contributed by atoms with Gasteiger partial charge in [0.05, 0.1) is 6.04 Å². The molecule has 3 amide bonds. The Hall–Kier alpha value is -2.14. The van der Waals surface area contributed by atoms with Gasteiger partial charge in [0, 0.05) is 26.7 Å². The number of para-hydroxylation sites is 1. The minimum Gasteiger partial charge on any atom is -0.350 e. The number of carbonyl (C=O) groups excluding carboxylic acids is 2. The molecule has 3 aromatic carbocycles. The van der Waals surface area contributed by atoms with Crippen molar-refractivity contribution in [1.82, 2.24) is 10.6 Å². The zero-order valence-electron chi connectivity index (χ0n) is 19.9. The van der Waals surface area contributed by atoms with Gasteiger partial charge in [-0.3, -0.25) is 4.79 Å². The lowest BCUT2D eigenvalue weighted by molar-refractivity contribution is 0.0949. The van der Waals surface area contributed by atoms with E-state index in [0.29, 0.717) is 17.4 Å². The molecule has 7 heteroatoms. The molecule has 184 valence electrons. The molecule has 0 aromatic heterocycles. The number of urea groups is 1. The highest BCUT2D eigenvalue weighted by molar-refractivity contribution is 14.1. The Morgan fingerprint density at radius 1 is 0.771 bits per heavy atom. The molecule has 0 aliphatic heterocycles. The monoisotopic (exact) mass is 695 g/mol. The van der Waals surface area contributed by atoms with Crippen LogP contribution in [-0.4, -0.2) is 27.3 Å². The number of rotatable bonds is 10. The summed E-state index contributed by atoms with van der Waals surface area (Å²) >= 11 is 4.77. The average Bonchev–Trinajstić information content (AvgIpc) is 2.91. The molecule has 0 spiro atoms. The molecule has 0 fully saturated rings. The van der Waals surface area contributed by atoms with Gasteiger partial charge < -0.3 is 16.0 Å². The Labute approximate surface area is 235 Å². The first-order chi connectivity index (χ1) is 16.9. The van der Waals surface area contributed by atoms with Crippen LogP contribution in [0.25, 0.3) is 0 Å².